The van der Waals surface area contributed by atoms with Crippen molar-refractivity contribution in [3.05, 3.63) is 81.8 Å². The summed E-state index contributed by atoms with van der Waals surface area (Å²) in [6.07, 6.45) is 5.26. The Morgan fingerprint density at radius 3 is 1.61 bits per heavy atom. The number of hydrogen-bond acceptors (Lipinski definition) is 4. The number of carbonyl (C=O) groups excluding carboxylic acids is 2. The fraction of sp³-hybridized carbons (Fsp3) is 0.400. The number of rotatable bonds is 4. The molecule has 0 aromatic heterocycles. The fourth-order valence-electron chi connectivity index (χ4n) is 5.46. The summed E-state index contributed by atoms with van der Waals surface area (Å²) in [6.45, 7) is 15.6. The Hall–Kier alpha value is -2.21. The van der Waals surface area contributed by atoms with Crippen LogP contribution in [0.2, 0.25) is 13.1 Å². The van der Waals surface area contributed by atoms with Crippen LogP contribution in [0.4, 0.5) is 0 Å². The molecule has 0 saturated carbocycles. The van der Waals surface area contributed by atoms with Gasteiger partial charge in [-0.15, -0.1) is 0 Å². The normalized spacial score (nSPS) is 15.8. The van der Waals surface area contributed by atoms with Crippen LogP contribution >= 0.6 is 0 Å². The number of carbonyl (C=O) groups is 2. The molecule has 190 valence electrons. The van der Waals surface area contributed by atoms with Crippen molar-refractivity contribution >= 4 is 18.1 Å². The van der Waals surface area contributed by atoms with Gasteiger partial charge in [0.25, 0.3) is 0 Å². The fourth-order valence-corrected chi connectivity index (χ4v) is 25.0. The molecule has 0 radical (unpaired) electrons. The second kappa shape index (κ2) is 8.97. The van der Waals surface area contributed by atoms with Gasteiger partial charge in [-0.2, -0.15) is 0 Å². The van der Waals surface area contributed by atoms with Gasteiger partial charge in [0.1, 0.15) is 0 Å². The van der Waals surface area contributed by atoms with Crippen LogP contribution < -0.4 is 0 Å². The minimum atomic E-state index is -5.27. The summed E-state index contributed by atoms with van der Waals surface area (Å²) >= 11 is -5.27. The summed E-state index contributed by atoms with van der Waals surface area (Å²) in [5, 5.41) is 0. The van der Waals surface area contributed by atoms with Crippen molar-refractivity contribution in [1.29, 1.82) is 0 Å². The first-order chi connectivity index (χ1) is 16.7. The third kappa shape index (κ3) is 4.00. The van der Waals surface area contributed by atoms with E-state index in [1.165, 1.54) is 0 Å². The second-order valence-electron chi connectivity index (χ2n) is 12.4. The minimum absolute atomic E-state index is 0.304. The second-order valence-corrected chi connectivity index (χ2v) is 29.0. The zero-order valence-electron chi connectivity index (χ0n) is 22.8. The van der Waals surface area contributed by atoms with E-state index in [-0.39, 0.29) is 16.2 Å². The molecule has 4 rings (SSSR count). The van der Waals surface area contributed by atoms with Crippen LogP contribution in [0.1, 0.15) is 63.3 Å². The zero-order valence-corrected chi connectivity index (χ0v) is 25.3. The van der Waals surface area contributed by atoms with Crippen molar-refractivity contribution in [2.24, 2.45) is 10.8 Å². The van der Waals surface area contributed by atoms with Gasteiger partial charge >= 0.3 is 218 Å². The maximum absolute atomic E-state index is 14.0. The van der Waals surface area contributed by atoms with Gasteiger partial charge in [0.15, 0.2) is 0 Å². The summed E-state index contributed by atoms with van der Waals surface area (Å²) in [5.74, 6) is -0.607. The molecule has 0 heterocycles. The quantitative estimate of drug-likeness (QED) is 0.377. The molecule has 2 aliphatic rings. The number of hydrogen-bond donors (Lipinski definition) is 0. The van der Waals surface area contributed by atoms with Crippen LogP contribution in [-0.2, 0) is 31.0 Å². The summed E-state index contributed by atoms with van der Waals surface area (Å²) in [7, 11) is 0. The molecule has 0 aliphatic heterocycles. The first-order valence-corrected chi connectivity index (χ1v) is 20.5. The van der Waals surface area contributed by atoms with Gasteiger partial charge in [-0.25, -0.2) is 0 Å². The van der Waals surface area contributed by atoms with Gasteiger partial charge in [0.05, 0.1) is 0 Å². The van der Waals surface area contributed by atoms with Gasteiger partial charge in [-0.05, 0) is 0 Å². The van der Waals surface area contributed by atoms with E-state index in [9.17, 15) is 9.59 Å². The molecule has 0 fully saturated rings. The molecule has 36 heavy (non-hydrogen) atoms. The summed E-state index contributed by atoms with van der Waals surface area (Å²) in [6, 6.07) is 16.7. The molecular weight excluding hydrogens is 500 g/mol. The molecule has 4 nitrogen and oxygen atoms in total. The molecule has 0 atom stereocenters. The average molecular weight is 539 g/mol. The number of allylic oxidation sites excluding steroid dienone is 4. The van der Waals surface area contributed by atoms with Crippen molar-refractivity contribution in [3.63, 3.8) is 0 Å². The van der Waals surface area contributed by atoms with Gasteiger partial charge < -0.3 is 0 Å². The van der Waals surface area contributed by atoms with Crippen LogP contribution in [0.25, 0.3) is 11.1 Å². The Morgan fingerprint density at radius 2 is 1.25 bits per heavy atom. The van der Waals surface area contributed by atoms with E-state index >= 15 is 0 Å². The van der Waals surface area contributed by atoms with E-state index in [1.807, 2.05) is 71.9 Å². The van der Waals surface area contributed by atoms with Gasteiger partial charge in [0, 0.05) is 0 Å². The Bertz CT molecular complexity index is 1300. The molecule has 0 bridgehead atoms. The summed E-state index contributed by atoms with van der Waals surface area (Å²) in [5.41, 5.74) is 2.95. The van der Waals surface area contributed by atoms with E-state index in [1.54, 1.807) is 0 Å². The molecule has 6 heteroatoms. The molecular formula is C30H38O4SiTi. The monoisotopic (exact) mass is 538 g/mol. The van der Waals surface area contributed by atoms with Crippen LogP contribution in [0, 0.1) is 10.8 Å². The zero-order chi connectivity index (χ0) is 26.5. The van der Waals surface area contributed by atoms with Crippen LogP contribution in [0.3, 0.4) is 0 Å². The van der Waals surface area contributed by atoms with Gasteiger partial charge in [0.2, 0.25) is 0 Å². The molecule has 0 saturated heterocycles. The van der Waals surface area contributed by atoms with E-state index in [4.69, 9.17) is 6.64 Å². The standard InChI is InChI=1S/C13H9.2C5H10O2.C5H5.C2H6Si.Ti/c1-3-7-12-10(5-1)9-11-6-2-4-8-13(11)12;2*1-5(2,3)4(6)7;1-2-4-5-3-1;1-3-2;/h1-9H;2*1-3H3,(H,6,7);1-3H,4H2;1-2H3;/q;;;;;+2/p-2. The molecule has 0 N–H and O–H groups in total. The van der Waals surface area contributed by atoms with E-state index in [0.717, 1.165) is 26.1 Å². The topological polar surface area (TPSA) is 52.6 Å². The first kappa shape index (κ1) is 26.8. The molecule has 2 aromatic carbocycles. The van der Waals surface area contributed by atoms with Crippen LogP contribution in [0.5, 0.6) is 0 Å². The predicted molar refractivity (Wildman–Crippen MR) is 144 cm³/mol. The molecule has 2 aliphatic carbocycles. The molecule has 0 spiro atoms. The van der Waals surface area contributed by atoms with Crippen molar-refractivity contribution < 1.29 is 31.0 Å². The first-order valence-electron chi connectivity index (χ1n) is 12.7. The number of benzene rings is 2. The Kier molecular flexibility index (Phi) is 6.69. The Morgan fingerprint density at radius 1 is 0.806 bits per heavy atom. The SMILES string of the molecule is C[Si](C)=[Ti]([O]C(=O)C(C)(C)C)([O]C(=O)C(C)(C)C)([C]1=CC=CC1)[CH]1c2ccccc2-c2ccccc21. The molecule has 2 aromatic rings. The summed E-state index contributed by atoms with van der Waals surface area (Å²) < 4.78 is 14.8. The third-order valence-electron chi connectivity index (χ3n) is 7.50. The van der Waals surface area contributed by atoms with E-state index in [2.05, 4.69) is 49.5 Å². The number of fused-ring (bicyclic) bond motifs is 3. The van der Waals surface area contributed by atoms with Gasteiger partial charge in [-0.3, -0.25) is 0 Å². The van der Waals surface area contributed by atoms with Crippen molar-refractivity contribution in [3.8, 4) is 11.1 Å². The Balaban J connectivity index is 2.21. The van der Waals surface area contributed by atoms with Crippen molar-refractivity contribution in [1.82, 2.24) is 0 Å². The maximum atomic E-state index is 14.0. The average Bonchev–Trinajstić information content (AvgIpc) is 3.45. The predicted octanol–water partition coefficient (Wildman–Crippen LogP) is 7.55. The third-order valence-corrected chi connectivity index (χ3v) is 28.6. The van der Waals surface area contributed by atoms with E-state index < -0.39 is 31.8 Å². The van der Waals surface area contributed by atoms with Gasteiger partial charge in [-0.1, -0.05) is 0 Å². The van der Waals surface area contributed by atoms with Crippen molar-refractivity contribution in [2.45, 2.75) is 65.3 Å². The van der Waals surface area contributed by atoms with Crippen LogP contribution in [-0.4, -0.2) is 18.1 Å². The van der Waals surface area contributed by atoms with Crippen LogP contribution in [0.15, 0.2) is 70.6 Å². The van der Waals surface area contributed by atoms with Crippen molar-refractivity contribution in [2.75, 3.05) is 0 Å². The molecule has 0 amide bonds. The Labute approximate surface area is 217 Å². The molecule has 0 unspecified atom stereocenters. The van der Waals surface area contributed by atoms with E-state index in [0.29, 0.717) is 6.42 Å². The summed E-state index contributed by atoms with van der Waals surface area (Å²) in [4.78, 5) is 27.9.